The second-order valence-electron chi connectivity index (χ2n) is 6.68. The van der Waals surface area contributed by atoms with E-state index in [0.717, 1.165) is 0 Å². The fourth-order valence-electron chi connectivity index (χ4n) is 2.62. The third kappa shape index (κ3) is 9.39. The highest BCUT2D eigenvalue weighted by atomic mass is 16.6. The summed E-state index contributed by atoms with van der Waals surface area (Å²) in [7, 11) is 0. The molecule has 0 radical (unpaired) electrons. The van der Waals surface area contributed by atoms with Crippen LogP contribution in [0.25, 0.3) is 0 Å². The number of benzene rings is 2. The van der Waals surface area contributed by atoms with Gasteiger partial charge in [0.05, 0.1) is 26.4 Å². The molecule has 0 heterocycles. The molecular weight excluding hydrogens is 448 g/mol. The second-order valence-corrected chi connectivity index (χ2v) is 6.68. The lowest BCUT2D eigenvalue weighted by Gasteiger charge is -2.10. The Labute approximate surface area is 196 Å². The number of carbonyl (C=O) groups is 4. The Morgan fingerprint density at radius 1 is 0.559 bits per heavy atom. The predicted molar refractivity (Wildman–Crippen MR) is 118 cm³/mol. The SMILES string of the molecule is CC(=O)Oc1ccccc1C(=O)OCCOCCOCCOC(=O)c1ccccc1OC(C)=O. The minimum absolute atomic E-state index is 0.00654. The molecule has 34 heavy (non-hydrogen) atoms. The lowest BCUT2D eigenvalue weighted by molar-refractivity contribution is -0.132. The topological polar surface area (TPSA) is 124 Å². The van der Waals surface area contributed by atoms with Gasteiger partial charge >= 0.3 is 23.9 Å². The summed E-state index contributed by atoms with van der Waals surface area (Å²) in [5, 5.41) is 0. The standard InChI is InChI=1S/C24H26O10/c1-17(25)33-21-9-5-3-7-19(21)23(27)31-15-13-29-11-12-30-14-16-32-24(28)20-8-4-6-10-22(20)34-18(2)26/h3-10H,11-16H2,1-2H3. The molecule has 0 N–H and O–H groups in total. The van der Waals surface area contributed by atoms with Crippen LogP contribution in [0.4, 0.5) is 0 Å². The van der Waals surface area contributed by atoms with Gasteiger partial charge in [0.25, 0.3) is 0 Å². The summed E-state index contributed by atoms with van der Waals surface area (Å²) in [5.41, 5.74) is 0.289. The van der Waals surface area contributed by atoms with Gasteiger partial charge in [0.2, 0.25) is 0 Å². The fourth-order valence-corrected chi connectivity index (χ4v) is 2.62. The first-order valence-electron chi connectivity index (χ1n) is 10.4. The lowest BCUT2D eigenvalue weighted by atomic mass is 10.2. The van der Waals surface area contributed by atoms with Crippen LogP contribution in [0.3, 0.4) is 0 Å². The van der Waals surface area contributed by atoms with Crippen molar-refractivity contribution in [3.8, 4) is 11.5 Å². The molecule has 0 saturated carbocycles. The van der Waals surface area contributed by atoms with Crippen molar-refractivity contribution in [3.05, 3.63) is 59.7 Å². The zero-order chi connectivity index (χ0) is 24.8. The Morgan fingerprint density at radius 3 is 1.29 bits per heavy atom. The summed E-state index contributed by atoms with van der Waals surface area (Å²) in [4.78, 5) is 46.5. The maximum Gasteiger partial charge on any atom is 0.342 e. The highest BCUT2D eigenvalue weighted by molar-refractivity contribution is 5.94. The largest absolute Gasteiger partial charge is 0.460 e. The van der Waals surface area contributed by atoms with E-state index in [2.05, 4.69) is 0 Å². The number of rotatable bonds is 13. The van der Waals surface area contributed by atoms with Gasteiger partial charge in [0.15, 0.2) is 0 Å². The van der Waals surface area contributed by atoms with Crippen LogP contribution in [0, 0.1) is 0 Å². The molecule has 0 aromatic heterocycles. The molecule has 0 amide bonds. The Hall–Kier alpha value is -3.76. The molecule has 0 aliphatic carbocycles. The van der Waals surface area contributed by atoms with Gasteiger partial charge in [-0.3, -0.25) is 9.59 Å². The van der Waals surface area contributed by atoms with Crippen LogP contribution in [0.2, 0.25) is 0 Å². The van der Waals surface area contributed by atoms with Crippen LogP contribution in [-0.4, -0.2) is 63.5 Å². The molecule has 0 spiro atoms. The van der Waals surface area contributed by atoms with Crippen LogP contribution < -0.4 is 9.47 Å². The average molecular weight is 474 g/mol. The van der Waals surface area contributed by atoms with E-state index < -0.39 is 23.9 Å². The van der Waals surface area contributed by atoms with Gasteiger partial charge in [-0.25, -0.2) is 9.59 Å². The summed E-state index contributed by atoms with van der Waals surface area (Å²) in [6.07, 6.45) is 0. The molecule has 0 aliphatic heterocycles. The molecule has 0 bridgehead atoms. The van der Waals surface area contributed by atoms with Crippen molar-refractivity contribution < 1.29 is 47.6 Å². The van der Waals surface area contributed by atoms with E-state index in [-0.39, 0.29) is 62.3 Å². The third-order valence-electron chi connectivity index (χ3n) is 4.01. The predicted octanol–water partition coefficient (Wildman–Crippen LogP) is 2.58. The molecule has 2 rings (SSSR count). The first-order valence-corrected chi connectivity index (χ1v) is 10.4. The fraction of sp³-hybridized carbons (Fsp3) is 0.333. The summed E-state index contributed by atoms with van der Waals surface area (Å²) in [6.45, 7) is 3.27. The Balaban J connectivity index is 1.56. The number of ether oxygens (including phenoxy) is 6. The molecular formula is C24H26O10. The summed E-state index contributed by atoms with van der Waals surface area (Å²) in [5.74, 6) is -2.08. The van der Waals surface area contributed by atoms with Crippen LogP contribution in [-0.2, 0) is 28.5 Å². The Morgan fingerprint density at radius 2 is 0.912 bits per heavy atom. The Kier molecular flexibility index (Phi) is 11.2. The van der Waals surface area contributed by atoms with E-state index in [1.54, 1.807) is 24.3 Å². The Bertz CT molecular complexity index is 906. The molecule has 0 fully saturated rings. The molecule has 0 saturated heterocycles. The van der Waals surface area contributed by atoms with Gasteiger partial charge < -0.3 is 28.4 Å². The summed E-state index contributed by atoms with van der Waals surface area (Å²) < 4.78 is 30.8. The van der Waals surface area contributed by atoms with Crippen molar-refractivity contribution in [3.63, 3.8) is 0 Å². The molecule has 0 atom stereocenters. The van der Waals surface area contributed by atoms with Crippen LogP contribution in [0.15, 0.2) is 48.5 Å². The van der Waals surface area contributed by atoms with Crippen molar-refractivity contribution in [1.82, 2.24) is 0 Å². The van der Waals surface area contributed by atoms with Crippen LogP contribution in [0.5, 0.6) is 11.5 Å². The molecule has 182 valence electrons. The first kappa shape index (κ1) is 26.5. The van der Waals surface area contributed by atoms with E-state index in [4.69, 9.17) is 28.4 Å². The van der Waals surface area contributed by atoms with Crippen LogP contribution >= 0.6 is 0 Å². The highest BCUT2D eigenvalue weighted by Crippen LogP contribution is 2.20. The molecule has 0 aliphatic rings. The molecule has 0 unspecified atom stereocenters. The zero-order valence-electron chi connectivity index (χ0n) is 18.9. The monoisotopic (exact) mass is 474 g/mol. The van der Waals surface area contributed by atoms with E-state index in [1.165, 1.54) is 38.1 Å². The summed E-state index contributed by atoms with van der Waals surface area (Å²) >= 11 is 0. The molecule has 10 nitrogen and oxygen atoms in total. The molecule has 2 aromatic carbocycles. The third-order valence-corrected chi connectivity index (χ3v) is 4.01. The van der Waals surface area contributed by atoms with Gasteiger partial charge in [0.1, 0.15) is 35.8 Å². The van der Waals surface area contributed by atoms with Gasteiger partial charge in [-0.1, -0.05) is 24.3 Å². The molecule has 10 heteroatoms. The minimum atomic E-state index is -0.631. The van der Waals surface area contributed by atoms with Gasteiger partial charge in [0, 0.05) is 13.8 Å². The van der Waals surface area contributed by atoms with E-state index >= 15 is 0 Å². The summed E-state index contributed by atoms with van der Waals surface area (Å²) in [6, 6.07) is 12.5. The number of carbonyl (C=O) groups excluding carboxylic acids is 4. The zero-order valence-corrected chi connectivity index (χ0v) is 18.9. The maximum atomic E-state index is 12.1. The average Bonchev–Trinajstić information content (AvgIpc) is 2.80. The number of para-hydroxylation sites is 2. The van der Waals surface area contributed by atoms with Crippen molar-refractivity contribution in [2.45, 2.75) is 13.8 Å². The van der Waals surface area contributed by atoms with Crippen molar-refractivity contribution in [1.29, 1.82) is 0 Å². The number of hydrogen-bond acceptors (Lipinski definition) is 10. The maximum absolute atomic E-state index is 12.1. The molecule has 2 aromatic rings. The van der Waals surface area contributed by atoms with Gasteiger partial charge in [-0.2, -0.15) is 0 Å². The van der Waals surface area contributed by atoms with E-state index in [1.807, 2.05) is 0 Å². The van der Waals surface area contributed by atoms with E-state index in [9.17, 15) is 19.2 Å². The second kappa shape index (κ2) is 14.4. The van der Waals surface area contributed by atoms with Crippen molar-refractivity contribution >= 4 is 23.9 Å². The van der Waals surface area contributed by atoms with Crippen molar-refractivity contribution in [2.24, 2.45) is 0 Å². The lowest BCUT2D eigenvalue weighted by Crippen LogP contribution is -2.16. The van der Waals surface area contributed by atoms with Crippen LogP contribution in [0.1, 0.15) is 34.6 Å². The normalized spacial score (nSPS) is 10.3. The van der Waals surface area contributed by atoms with Gasteiger partial charge in [-0.15, -0.1) is 0 Å². The first-order chi connectivity index (χ1) is 16.4. The minimum Gasteiger partial charge on any atom is -0.460 e. The van der Waals surface area contributed by atoms with Crippen molar-refractivity contribution in [2.75, 3.05) is 39.6 Å². The number of esters is 4. The quantitative estimate of drug-likeness (QED) is 0.243. The van der Waals surface area contributed by atoms with Gasteiger partial charge in [-0.05, 0) is 24.3 Å². The van der Waals surface area contributed by atoms with E-state index in [0.29, 0.717) is 0 Å². The highest BCUT2D eigenvalue weighted by Gasteiger charge is 2.15. The number of hydrogen-bond donors (Lipinski definition) is 0. The smallest absolute Gasteiger partial charge is 0.342 e.